The van der Waals surface area contributed by atoms with Crippen LogP contribution in [0.3, 0.4) is 0 Å². The van der Waals surface area contributed by atoms with Gasteiger partial charge < -0.3 is 0 Å². The van der Waals surface area contributed by atoms with Gasteiger partial charge in [-0.05, 0) is 61.5 Å². The number of rotatable bonds is 3. The Morgan fingerprint density at radius 3 is 2.33 bits per heavy atom. The summed E-state index contributed by atoms with van der Waals surface area (Å²) in [7, 11) is 0. The lowest BCUT2D eigenvalue weighted by atomic mass is 9.86. The Morgan fingerprint density at radius 1 is 1.19 bits per heavy atom. The van der Waals surface area contributed by atoms with Crippen LogP contribution in [0.2, 0.25) is 5.02 Å². The summed E-state index contributed by atoms with van der Waals surface area (Å²) in [5.41, 5.74) is -0.0279. The highest BCUT2D eigenvalue weighted by molar-refractivity contribution is 6.30. The van der Waals surface area contributed by atoms with Crippen molar-refractivity contribution in [2.24, 2.45) is 11.8 Å². The number of piperidine rings is 1. The van der Waals surface area contributed by atoms with E-state index in [9.17, 15) is 13.2 Å². The Kier molecular flexibility index (Phi) is 5.20. The number of nitrogens with zero attached hydrogens (tertiary/aromatic N) is 1. The molecule has 1 aliphatic rings. The number of halogens is 4. The first-order valence-corrected chi connectivity index (χ1v) is 7.72. The molecule has 0 N–H and O–H groups in total. The van der Waals surface area contributed by atoms with E-state index in [0.29, 0.717) is 18.0 Å². The van der Waals surface area contributed by atoms with E-state index in [1.54, 1.807) is 6.07 Å². The first-order chi connectivity index (χ1) is 9.75. The zero-order valence-corrected chi connectivity index (χ0v) is 13.1. The zero-order chi connectivity index (χ0) is 15.6. The van der Waals surface area contributed by atoms with Gasteiger partial charge in [0.1, 0.15) is 0 Å². The van der Waals surface area contributed by atoms with Gasteiger partial charge in [0.15, 0.2) is 0 Å². The van der Waals surface area contributed by atoms with Crippen LogP contribution in [0.4, 0.5) is 13.2 Å². The predicted molar refractivity (Wildman–Crippen MR) is 79.3 cm³/mol. The Morgan fingerprint density at radius 2 is 1.81 bits per heavy atom. The minimum Gasteiger partial charge on any atom is -0.299 e. The van der Waals surface area contributed by atoms with Crippen LogP contribution in [0.15, 0.2) is 18.2 Å². The van der Waals surface area contributed by atoms with Crippen molar-refractivity contribution in [2.45, 2.75) is 39.4 Å². The molecule has 0 atom stereocenters. The molecule has 21 heavy (non-hydrogen) atoms. The summed E-state index contributed by atoms with van der Waals surface area (Å²) in [4.78, 5) is 2.21. The second-order valence-electron chi connectivity index (χ2n) is 6.20. The van der Waals surface area contributed by atoms with Gasteiger partial charge in [0.2, 0.25) is 0 Å². The molecular formula is C16H21ClF3N. The van der Waals surface area contributed by atoms with Gasteiger partial charge in [0.05, 0.1) is 5.56 Å². The summed E-state index contributed by atoms with van der Waals surface area (Å²) in [5, 5.41) is 0.150. The molecule has 1 saturated heterocycles. The Labute approximate surface area is 129 Å². The van der Waals surface area contributed by atoms with Crippen LogP contribution in [-0.2, 0) is 12.7 Å². The summed E-state index contributed by atoms with van der Waals surface area (Å²) in [6.07, 6.45) is -2.11. The minimum absolute atomic E-state index is 0.150. The van der Waals surface area contributed by atoms with Crippen LogP contribution in [0.5, 0.6) is 0 Å². The van der Waals surface area contributed by atoms with Crippen LogP contribution in [-0.4, -0.2) is 18.0 Å². The minimum atomic E-state index is -4.34. The number of alkyl halides is 3. The highest BCUT2D eigenvalue weighted by Gasteiger charge is 2.31. The molecule has 1 fully saturated rings. The largest absolute Gasteiger partial charge is 0.416 e. The average molecular weight is 320 g/mol. The molecule has 1 aromatic carbocycles. The van der Waals surface area contributed by atoms with Crippen molar-refractivity contribution in [2.75, 3.05) is 13.1 Å². The van der Waals surface area contributed by atoms with Crippen molar-refractivity contribution in [3.63, 3.8) is 0 Å². The second-order valence-corrected chi connectivity index (χ2v) is 6.64. The fourth-order valence-electron chi connectivity index (χ4n) is 2.94. The zero-order valence-electron chi connectivity index (χ0n) is 12.4. The van der Waals surface area contributed by atoms with Crippen molar-refractivity contribution in [3.05, 3.63) is 34.3 Å². The monoisotopic (exact) mass is 319 g/mol. The quantitative estimate of drug-likeness (QED) is 0.737. The lowest BCUT2D eigenvalue weighted by molar-refractivity contribution is -0.137. The maximum Gasteiger partial charge on any atom is 0.416 e. The Bertz CT molecular complexity index is 477. The van der Waals surface area contributed by atoms with E-state index in [-0.39, 0.29) is 5.02 Å². The molecule has 0 aliphatic carbocycles. The van der Waals surface area contributed by atoms with Crippen LogP contribution in [0.25, 0.3) is 0 Å². The molecule has 1 aliphatic heterocycles. The van der Waals surface area contributed by atoms with Gasteiger partial charge in [-0.25, -0.2) is 0 Å². The predicted octanol–water partition coefficient (Wildman–Crippen LogP) is 5.23. The van der Waals surface area contributed by atoms with Gasteiger partial charge in [0.25, 0.3) is 0 Å². The molecule has 0 bridgehead atoms. The molecule has 0 radical (unpaired) electrons. The van der Waals surface area contributed by atoms with Gasteiger partial charge in [-0.2, -0.15) is 13.2 Å². The van der Waals surface area contributed by atoms with E-state index >= 15 is 0 Å². The van der Waals surface area contributed by atoms with E-state index in [1.165, 1.54) is 6.07 Å². The Balaban J connectivity index is 2.02. The molecule has 2 rings (SSSR count). The molecular weight excluding hydrogens is 299 g/mol. The van der Waals surface area contributed by atoms with Crippen molar-refractivity contribution in [3.8, 4) is 0 Å². The number of hydrogen-bond donors (Lipinski definition) is 0. The lowest BCUT2D eigenvalue weighted by Gasteiger charge is -2.34. The van der Waals surface area contributed by atoms with Crippen LogP contribution < -0.4 is 0 Å². The lowest BCUT2D eigenvalue weighted by Crippen LogP contribution is -2.34. The van der Waals surface area contributed by atoms with E-state index < -0.39 is 11.7 Å². The van der Waals surface area contributed by atoms with Crippen LogP contribution in [0, 0.1) is 11.8 Å². The summed E-state index contributed by atoms with van der Waals surface area (Å²) in [6, 6.07) is 3.82. The van der Waals surface area contributed by atoms with Crippen molar-refractivity contribution < 1.29 is 13.2 Å². The fourth-order valence-corrected chi connectivity index (χ4v) is 3.20. The highest BCUT2D eigenvalue weighted by atomic mass is 35.5. The average Bonchev–Trinajstić information content (AvgIpc) is 2.37. The van der Waals surface area contributed by atoms with Crippen molar-refractivity contribution in [1.29, 1.82) is 0 Å². The molecule has 5 heteroatoms. The highest BCUT2D eigenvalue weighted by Crippen LogP contribution is 2.32. The number of benzene rings is 1. The van der Waals surface area contributed by atoms with Crippen molar-refractivity contribution in [1.82, 2.24) is 4.90 Å². The third kappa shape index (κ3) is 4.62. The normalized spacial score (nSPS) is 18.4. The number of hydrogen-bond acceptors (Lipinski definition) is 1. The van der Waals surface area contributed by atoms with Crippen molar-refractivity contribution >= 4 is 11.6 Å². The third-order valence-electron chi connectivity index (χ3n) is 4.27. The summed E-state index contributed by atoms with van der Waals surface area (Å²) >= 11 is 5.82. The first-order valence-electron chi connectivity index (χ1n) is 7.34. The smallest absolute Gasteiger partial charge is 0.299 e. The standard InChI is InChI=1S/C16H21ClF3N/c1-11(2)13-3-5-21(6-4-13)10-12-7-14(16(18,19)20)9-15(17)8-12/h7-9,11,13H,3-6,10H2,1-2H3. The van der Waals surface area contributed by atoms with Gasteiger partial charge in [-0.3, -0.25) is 4.90 Å². The second kappa shape index (κ2) is 6.57. The third-order valence-corrected chi connectivity index (χ3v) is 4.48. The van der Waals surface area contributed by atoms with Crippen LogP contribution >= 0.6 is 11.6 Å². The van der Waals surface area contributed by atoms with Crippen LogP contribution in [0.1, 0.15) is 37.8 Å². The maximum atomic E-state index is 12.8. The van der Waals surface area contributed by atoms with Gasteiger partial charge in [-0.1, -0.05) is 25.4 Å². The fraction of sp³-hybridized carbons (Fsp3) is 0.625. The molecule has 0 spiro atoms. The first kappa shape index (κ1) is 16.6. The van der Waals surface area contributed by atoms with Gasteiger partial charge in [-0.15, -0.1) is 0 Å². The molecule has 0 saturated carbocycles. The van der Waals surface area contributed by atoms with E-state index in [2.05, 4.69) is 18.7 Å². The van der Waals surface area contributed by atoms with E-state index in [4.69, 9.17) is 11.6 Å². The number of likely N-dealkylation sites (tertiary alicyclic amines) is 1. The molecule has 0 unspecified atom stereocenters. The maximum absolute atomic E-state index is 12.8. The summed E-state index contributed by atoms with van der Waals surface area (Å²) in [5.74, 6) is 1.40. The summed E-state index contributed by atoms with van der Waals surface area (Å²) < 4.78 is 38.4. The molecule has 0 aromatic heterocycles. The topological polar surface area (TPSA) is 3.24 Å². The van der Waals surface area contributed by atoms with Gasteiger partial charge in [0, 0.05) is 11.6 Å². The SMILES string of the molecule is CC(C)C1CCN(Cc2cc(Cl)cc(C(F)(F)F)c2)CC1. The van der Waals surface area contributed by atoms with Gasteiger partial charge >= 0.3 is 6.18 Å². The molecule has 118 valence electrons. The Hall–Kier alpha value is -0.740. The molecule has 1 nitrogen and oxygen atoms in total. The molecule has 1 aromatic rings. The van der Waals surface area contributed by atoms with E-state index in [0.717, 1.165) is 37.9 Å². The molecule has 1 heterocycles. The summed E-state index contributed by atoms with van der Waals surface area (Å²) in [6.45, 7) is 6.88. The molecule has 0 amide bonds. The van der Waals surface area contributed by atoms with E-state index in [1.807, 2.05) is 0 Å².